The van der Waals surface area contributed by atoms with Gasteiger partial charge in [-0.15, -0.1) is 0 Å². The summed E-state index contributed by atoms with van der Waals surface area (Å²) >= 11 is 0. The number of benzene rings is 1. The summed E-state index contributed by atoms with van der Waals surface area (Å²) in [6, 6.07) is 8.16. The molecule has 1 N–H and O–H groups in total. The van der Waals surface area contributed by atoms with E-state index < -0.39 is 6.09 Å². The molecule has 0 fully saturated rings. The van der Waals surface area contributed by atoms with Crippen LogP contribution in [0.5, 0.6) is 0 Å². The standard InChI is InChI=1S/C13H14N2O2.Na/c16-13(17)15-7-5-10-9-3-1-2-4-11(9)14-12(10)6-8-15;/h1-4,14H,5-8H2,(H,16,17);/q;+1/p-1. The summed E-state index contributed by atoms with van der Waals surface area (Å²) in [5.41, 5.74) is 3.55. The van der Waals surface area contributed by atoms with E-state index >= 15 is 0 Å². The molecule has 0 radical (unpaired) electrons. The van der Waals surface area contributed by atoms with Gasteiger partial charge in [-0.25, -0.2) is 0 Å². The monoisotopic (exact) mass is 252 g/mol. The molecule has 1 aliphatic heterocycles. The number of para-hydroxylation sites is 1. The minimum Gasteiger partial charge on any atom is -0.530 e. The summed E-state index contributed by atoms with van der Waals surface area (Å²) in [5.74, 6) is 0. The van der Waals surface area contributed by atoms with Crippen LogP contribution in [0.15, 0.2) is 24.3 Å². The molecule has 0 bridgehead atoms. The third-order valence-corrected chi connectivity index (χ3v) is 3.42. The van der Waals surface area contributed by atoms with E-state index in [-0.39, 0.29) is 29.6 Å². The number of carbonyl (C=O) groups is 1. The maximum atomic E-state index is 10.8. The van der Waals surface area contributed by atoms with Crippen LogP contribution in [0, 0.1) is 0 Å². The van der Waals surface area contributed by atoms with Crippen molar-refractivity contribution in [2.45, 2.75) is 12.8 Å². The molecule has 88 valence electrons. The van der Waals surface area contributed by atoms with Crippen molar-refractivity contribution in [2.24, 2.45) is 0 Å². The number of rotatable bonds is 0. The smallest absolute Gasteiger partial charge is 0.530 e. The van der Waals surface area contributed by atoms with E-state index in [1.54, 1.807) is 0 Å². The van der Waals surface area contributed by atoms with Crippen LogP contribution >= 0.6 is 0 Å². The molecular weight excluding hydrogens is 239 g/mol. The van der Waals surface area contributed by atoms with Crippen molar-refractivity contribution in [1.29, 1.82) is 0 Å². The average molecular weight is 252 g/mol. The number of nitrogens with zero attached hydrogens (tertiary/aromatic N) is 1. The number of hydrogen-bond acceptors (Lipinski definition) is 2. The van der Waals surface area contributed by atoms with Crippen LogP contribution in [-0.2, 0) is 12.8 Å². The van der Waals surface area contributed by atoms with Crippen molar-refractivity contribution in [3.05, 3.63) is 35.5 Å². The molecule has 4 nitrogen and oxygen atoms in total. The Balaban J connectivity index is 0.00000120. The van der Waals surface area contributed by atoms with Gasteiger partial charge < -0.3 is 19.8 Å². The molecule has 0 saturated carbocycles. The van der Waals surface area contributed by atoms with E-state index in [1.165, 1.54) is 15.8 Å². The molecule has 1 aliphatic rings. The summed E-state index contributed by atoms with van der Waals surface area (Å²) < 4.78 is 0. The number of aromatic nitrogens is 1. The number of carboxylic acid groups (broad SMARTS) is 1. The van der Waals surface area contributed by atoms with Crippen LogP contribution in [0.1, 0.15) is 11.3 Å². The van der Waals surface area contributed by atoms with Crippen LogP contribution < -0.4 is 34.7 Å². The number of aromatic amines is 1. The number of H-pyrrole nitrogens is 1. The fraction of sp³-hybridized carbons (Fsp3) is 0.308. The number of carbonyl (C=O) groups excluding carboxylic acids is 1. The van der Waals surface area contributed by atoms with Crippen molar-refractivity contribution in [3.63, 3.8) is 0 Å². The summed E-state index contributed by atoms with van der Waals surface area (Å²) in [5, 5.41) is 12.1. The Morgan fingerprint density at radius 1 is 1.22 bits per heavy atom. The predicted molar refractivity (Wildman–Crippen MR) is 62.7 cm³/mol. The normalized spacial score (nSPS) is 14.8. The molecule has 0 aliphatic carbocycles. The minimum atomic E-state index is -1.07. The van der Waals surface area contributed by atoms with E-state index in [4.69, 9.17) is 0 Å². The van der Waals surface area contributed by atoms with Crippen molar-refractivity contribution < 1.29 is 39.5 Å². The Hall–Kier alpha value is -0.970. The van der Waals surface area contributed by atoms with Gasteiger partial charge in [-0.1, -0.05) is 18.2 Å². The summed E-state index contributed by atoms with van der Waals surface area (Å²) in [6.07, 6.45) is 0.421. The summed E-state index contributed by atoms with van der Waals surface area (Å²) in [6.45, 7) is 1.04. The Kier molecular flexibility index (Phi) is 4.00. The number of fused-ring (bicyclic) bond motifs is 3. The molecule has 0 atom stereocenters. The predicted octanol–water partition coefficient (Wildman–Crippen LogP) is -2.08. The molecule has 1 amide bonds. The van der Waals surface area contributed by atoms with Crippen molar-refractivity contribution >= 4 is 17.0 Å². The second kappa shape index (κ2) is 5.34. The number of hydrogen-bond donors (Lipinski definition) is 1. The molecular formula is C13H13N2NaO2. The third-order valence-electron chi connectivity index (χ3n) is 3.42. The van der Waals surface area contributed by atoms with Gasteiger partial charge in [0.25, 0.3) is 0 Å². The first-order chi connectivity index (χ1) is 8.25. The Bertz CT molecular complexity index is 579. The molecule has 1 aromatic carbocycles. The maximum Gasteiger partial charge on any atom is 1.00 e. The molecule has 2 heterocycles. The van der Waals surface area contributed by atoms with Gasteiger partial charge >= 0.3 is 29.6 Å². The van der Waals surface area contributed by atoms with E-state index in [1.807, 2.05) is 12.1 Å². The zero-order valence-electron chi connectivity index (χ0n) is 10.4. The van der Waals surface area contributed by atoms with Gasteiger partial charge in [-0.3, -0.25) is 0 Å². The third kappa shape index (κ3) is 2.28. The second-order valence-electron chi connectivity index (χ2n) is 4.38. The Morgan fingerprint density at radius 2 is 1.94 bits per heavy atom. The van der Waals surface area contributed by atoms with E-state index in [9.17, 15) is 9.90 Å². The van der Waals surface area contributed by atoms with Crippen LogP contribution in [0.2, 0.25) is 0 Å². The largest absolute Gasteiger partial charge is 1.00 e. The quantitative estimate of drug-likeness (QED) is 0.547. The first kappa shape index (κ1) is 13.5. The van der Waals surface area contributed by atoms with Gasteiger partial charge in [0, 0.05) is 36.1 Å². The Morgan fingerprint density at radius 3 is 2.72 bits per heavy atom. The molecule has 5 heteroatoms. The fourth-order valence-corrected chi connectivity index (χ4v) is 2.54. The molecule has 2 aromatic rings. The van der Waals surface area contributed by atoms with E-state index in [0.29, 0.717) is 13.1 Å². The second-order valence-corrected chi connectivity index (χ2v) is 4.38. The van der Waals surface area contributed by atoms with Crippen LogP contribution in [-0.4, -0.2) is 29.1 Å². The zero-order chi connectivity index (χ0) is 11.8. The molecule has 3 rings (SSSR count). The van der Waals surface area contributed by atoms with E-state index in [2.05, 4.69) is 17.1 Å². The summed E-state index contributed by atoms with van der Waals surface area (Å²) in [7, 11) is 0. The van der Waals surface area contributed by atoms with Crippen LogP contribution in [0.4, 0.5) is 4.79 Å². The molecule has 0 unspecified atom stereocenters. The Labute approximate surface area is 127 Å². The van der Waals surface area contributed by atoms with Gasteiger partial charge in [0.05, 0.1) is 0 Å². The topological polar surface area (TPSA) is 59.2 Å². The van der Waals surface area contributed by atoms with Gasteiger partial charge in [0.2, 0.25) is 0 Å². The molecule has 18 heavy (non-hydrogen) atoms. The van der Waals surface area contributed by atoms with Crippen molar-refractivity contribution in [3.8, 4) is 0 Å². The molecule has 1 aromatic heterocycles. The maximum absolute atomic E-state index is 10.8. The van der Waals surface area contributed by atoms with Gasteiger partial charge in [-0.2, -0.15) is 0 Å². The summed E-state index contributed by atoms with van der Waals surface area (Å²) in [4.78, 5) is 15.6. The van der Waals surface area contributed by atoms with Crippen LogP contribution in [0.25, 0.3) is 10.9 Å². The average Bonchev–Trinajstić information content (AvgIpc) is 2.53. The van der Waals surface area contributed by atoms with Crippen molar-refractivity contribution in [1.82, 2.24) is 9.88 Å². The minimum absolute atomic E-state index is 0. The SMILES string of the molecule is O=C([O-])N1CCc2[nH]c3ccccc3c2CC1.[Na+]. The first-order valence-corrected chi connectivity index (χ1v) is 5.80. The first-order valence-electron chi connectivity index (χ1n) is 5.80. The van der Waals surface area contributed by atoms with Gasteiger partial charge in [-0.05, 0) is 18.1 Å². The van der Waals surface area contributed by atoms with Crippen molar-refractivity contribution in [2.75, 3.05) is 13.1 Å². The number of nitrogens with one attached hydrogen (secondary N) is 1. The molecule has 0 spiro atoms. The fourth-order valence-electron chi connectivity index (χ4n) is 2.54. The zero-order valence-corrected chi connectivity index (χ0v) is 12.4. The molecule has 0 saturated heterocycles. The van der Waals surface area contributed by atoms with Gasteiger partial charge in [0.1, 0.15) is 6.09 Å². The number of amides is 1. The van der Waals surface area contributed by atoms with Gasteiger partial charge in [0.15, 0.2) is 0 Å². The van der Waals surface area contributed by atoms with E-state index in [0.717, 1.165) is 24.1 Å². The van der Waals surface area contributed by atoms with Crippen LogP contribution in [0.3, 0.4) is 0 Å².